The Bertz CT molecular complexity index is 1060. The predicted octanol–water partition coefficient (Wildman–Crippen LogP) is 7.83. The number of aromatic nitrogens is 2. The Morgan fingerprint density at radius 1 is 0.857 bits per heavy atom. The van der Waals surface area contributed by atoms with E-state index in [0.29, 0.717) is 11.0 Å². The van der Waals surface area contributed by atoms with Crippen LogP contribution in [0, 0.1) is 0 Å². The maximum atomic E-state index is 5.90. The Kier molecular flexibility index (Phi) is 7.27. The molecule has 4 rings (SSSR count). The summed E-state index contributed by atoms with van der Waals surface area (Å²) in [7, 11) is 0. The summed E-state index contributed by atoms with van der Waals surface area (Å²) >= 11 is 12.8. The molecule has 0 saturated carbocycles. The van der Waals surface area contributed by atoms with Gasteiger partial charge in [-0.25, -0.2) is 9.97 Å². The van der Waals surface area contributed by atoms with Crippen molar-refractivity contribution in [2.24, 2.45) is 0 Å². The molecule has 0 bridgehead atoms. The molecule has 3 nitrogen and oxygen atoms in total. The minimum Gasteiger partial charge on any atom is -0.474 e. The number of fused-ring (bicyclic) bond motifs is 2. The molecule has 0 N–H and O–H groups in total. The summed E-state index contributed by atoms with van der Waals surface area (Å²) in [4.78, 5) is 8.35. The normalized spacial score (nSPS) is 11.8. The van der Waals surface area contributed by atoms with E-state index >= 15 is 0 Å². The molecule has 0 radical (unpaired) electrons. The topological polar surface area (TPSA) is 35.0 Å². The van der Waals surface area contributed by atoms with E-state index in [1.165, 1.54) is 0 Å². The third-order valence-electron chi connectivity index (χ3n) is 4.30. The van der Waals surface area contributed by atoms with Crippen LogP contribution >= 0.6 is 43.5 Å². The summed E-state index contributed by atoms with van der Waals surface area (Å²) in [6.45, 7) is 4.16. The molecule has 28 heavy (non-hydrogen) atoms. The van der Waals surface area contributed by atoms with Crippen molar-refractivity contribution in [3.63, 3.8) is 0 Å². The van der Waals surface area contributed by atoms with E-state index in [4.69, 9.17) is 16.3 Å². The van der Waals surface area contributed by atoms with Crippen molar-refractivity contribution in [3.8, 4) is 5.88 Å². The lowest BCUT2D eigenvalue weighted by Crippen LogP contribution is -2.10. The van der Waals surface area contributed by atoms with E-state index < -0.39 is 0 Å². The van der Waals surface area contributed by atoms with Gasteiger partial charge in [0.05, 0.1) is 6.10 Å². The number of rotatable bonds is 3. The zero-order valence-corrected chi connectivity index (χ0v) is 19.4. The van der Waals surface area contributed by atoms with Gasteiger partial charge in [-0.3, -0.25) is 0 Å². The third kappa shape index (κ3) is 4.83. The Labute approximate surface area is 186 Å². The van der Waals surface area contributed by atoms with Gasteiger partial charge in [0.15, 0.2) is 0 Å². The van der Waals surface area contributed by atoms with E-state index in [0.717, 1.165) is 36.9 Å². The molecule has 2 aromatic heterocycles. The van der Waals surface area contributed by atoms with Crippen molar-refractivity contribution in [1.29, 1.82) is 0 Å². The molecule has 0 aliphatic carbocycles. The van der Waals surface area contributed by atoms with Gasteiger partial charge in [-0.2, -0.15) is 0 Å². The fourth-order valence-electron chi connectivity index (χ4n) is 2.62. The van der Waals surface area contributed by atoms with Gasteiger partial charge in [0.2, 0.25) is 5.88 Å². The summed E-state index contributed by atoms with van der Waals surface area (Å²) in [5, 5.41) is 4.81. The number of pyridine rings is 2. The number of halogens is 3. The first-order valence-corrected chi connectivity index (χ1v) is 10.9. The molecule has 1 unspecified atom stereocenters. The van der Waals surface area contributed by atoms with E-state index in [1.807, 2.05) is 42.5 Å². The molecule has 0 saturated heterocycles. The molecule has 4 aromatic rings. The lowest BCUT2D eigenvalue weighted by atomic mass is 10.2. The molecule has 0 amide bonds. The minimum absolute atomic E-state index is 0.192. The van der Waals surface area contributed by atoms with Crippen LogP contribution in [0.1, 0.15) is 20.3 Å². The first-order valence-electron chi connectivity index (χ1n) is 8.90. The van der Waals surface area contributed by atoms with Crippen molar-refractivity contribution in [2.45, 2.75) is 26.4 Å². The third-order valence-corrected chi connectivity index (χ3v) is 5.86. The monoisotopic (exact) mass is 520 g/mol. The van der Waals surface area contributed by atoms with Crippen LogP contribution in [0.5, 0.6) is 5.88 Å². The first kappa shape index (κ1) is 21.0. The van der Waals surface area contributed by atoms with Crippen LogP contribution in [0.3, 0.4) is 0 Å². The second-order valence-corrected chi connectivity index (χ2v) is 8.30. The molecule has 0 fully saturated rings. The zero-order chi connectivity index (χ0) is 20.1. The van der Waals surface area contributed by atoms with Crippen LogP contribution in [0.25, 0.3) is 21.5 Å². The number of nitrogens with zero attached hydrogens (tertiary/aromatic N) is 2. The summed E-state index contributed by atoms with van der Waals surface area (Å²) < 4.78 is 7.77. The van der Waals surface area contributed by atoms with E-state index in [-0.39, 0.29) is 6.10 Å². The highest BCUT2D eigenvalue weighted by Gasteiger charge is 2.09. The Morgan fingerprint density at radius 3 is 1.93 bits per heavy atom. The van der Waals surface area contributed by atoms with Gasteiger partial charge in [-0.1, -0.05) is 61.0 Å². The van der Waals surface area contributed by atoms with E-state index in [2.05, 4.69) is 61.7 Å². The fourth-order valence-corrected chi connectivity index (χ4v) is 3.73. The second kappa shape index (κ2) is 9.68. The molecule has 0 aliphatic heterocycles. The average Bonchev–Trinajstić information content (AvgIpc) is 2.73. The van der Waals surface area contributed by atoms with Crippen molar-refractivity contribution in [2.75, 3.05) is 0 Å². The number of ether oxygens (including phenoxy) is 1. The van der Waals surface area contributed by atoms with Crippen molar-refractivity contribution in [1.82, 2.24) is 9.97 Å². The van der Waals surface area contributed by atoms with Gasteiger partial charge < -0.3 is 4.74 Å². The molecule has 0 spiro atoms. The first-order chi connectivity index (χ1) is 13.5. The number of hydrogen-bond acceptors (Lipinski definition) is 3. The Balaban J connectivity index is 0.000000167. The Hall–Kier alpha value is -1.69. The summed E-state index contributed by atoms with van der Waals surface area (Å²) in [6.07, 6.45) is 4.67. The average molecular weight is 523 g/mol. The highest BCUT2D eigenvalue weighted by molar-refractivity contribution is 9.11. The van der Waals surface area contributed by atoms with Crippen LogP contribution in [0.2, 0.25) is 5.15 Å². The highest BCUT2D eigenvalue weighted by atomic mass is 79.9. The number of benzene rings is 2. The highest BCUT2D eigenvalue weighted by Crippen LogP contribution is 2.30. The van der Waals surface area contributed by atoms with Gasteiger partial charge in [-0.15, -0.1) is 0 Å². The van der Waals surface area contributed by atoms with Crippen LogP contribution < -0.4 is 4.74 Å². The molecule has 1 atom stereocenters. The quantitative estimate of drug-likeness (QED) is 0.257. The lowest BCUT2D eigenvalue weighted by Gasteiger charge is -2.13. The zero-order valence-electron chi connectivity index (χ0n) is 15.5. The van der Waals surface area contributed by atoms with Crippen molar-refractivity contribution < 1.29 is 4.74 Å². The number of hydrogen-bond donors (Lipinski definition) is 0. The predicted molar refractivity (Wildman–Crippen MR) is 124 cm³/mol. The van der Waals surface area contributed by atoms with Crippen molar-refractivity contribution >= 4 is 65.0 Å². The van der Waals surface area contributed by atoms with Crippen LogP contribution in [-0.4, -0.2) is 16.1 Å². The summed E-state index contributed by atoms with van der Waals surface area (Å²) in [5.74, 6) is 0.716. The SMILES string of the molecule is CCC(C)Oc1ncc(Br)c2ccccc12.Clc1ncc(Br)c2ccccc12. The Morgan fingerprint density at radius 2 is 1.36 bits per heavy atom. The minimum atomic E-state index is 0.192. The second-order valence-electron chi connectivity index (χ2n) is 6.24. The summed E-state index contributed by atoms with van der Waals surface area (Å²) in [5.41, 5.74) is 0. The molecule has 0 aliphatic rings. The lowest BCUT2D eigenvalue weighted by molar-refractivity contribution is 0.211. The summed E-state index contributed by atoms with van der Waals surface area (Å²) in [6, 6.07) is 16.0. The van der Waals surface area contributed by atoms with Crippen molar-refractivity contribution in [3.05, 3.63) is 75.0 Å². The maximum Gasteiger partial charge on any atom is 0.221 e. The van der Waals surface area contributed by atoms with Gasteiger partial charge in [-0.05, 0) is 51.3 Å². The molecular formula is C22H19Br2ClN2O. The van der Waals surface area contributed by atoms with Crippen LogP contribution in [0.4, 0.5) is 0 Å². The molecule has 144 valence electrons. The van der Waals surface area contributed by atoms with Gasteiger partial charge >= 0.3 is 0 Å². The fraction of sp³-hybridized carbons (Fsp3) is 0.182. The molecule has 2 heterocycles. The van der Waals surface area contributed by atoms with Gasteiger partial charge in [0.25, 0.3) is 0 Å². The molecular weight excluding hydrogens is 504 g/mol. The van der Waals surface area contributed by atoms with E-state index in [1.54, 1.807) is 12.4 Å². The van der Waals surface area contributed by atoms with Gasteiger partial charge in [0.1, 0.15) is 5.15 Å². The van der Waals surface area contributed by atoms with Gasteiger partial charge in [0, 0.05) is 42.9 Å². The maximum absolute atomic E-state index is 5.90. The smallest absolute Gasteiger partial charge is 0.221 e. The molecule has 2 aromatic carbocycles. The van der Waals surface area contributed by atoms with Crippen LogP contribution in [0.15, 0.2) is 69.9 Å². The van der Waals surface area contributed by atoms with E-state index in [9.17, 15) is 0 Å². The largest absolute Gasteiger partial charge is 0.474 e. The molecule has 6 heteroatoms. The standard InChI is InChI=1S/C13H14BrNO.C9H5BrClN/c1-3-9(2)16-13-11-7-5-4-6-10(11)12(14)8-15-13;10-8-5-12-9(11)7-4-2-1-3-6(7)8/h4-9H,3H2,1-2H3;1-5H. The van der Waals surface area contributed by atoms with Crippen LogP contribution in [-0.2, 0) is 0 Å².